The maximum atomic E-state index is 12.3. The van der Waals surface area contributed by atoms with Gasteiger partial charge in [-0.1, -0.05) is 12.1 Å². The first-order valence-electron chi connectivity index (χ1n) is 7.76. The molecule has 0 aliphatic rings. The van der Waals surface area contributed by atoms with E-state index < -0.39 is 32.3 Å². The average molecular weight is 408 g/mol. The Morgan fingerprint density at radius 2 is 1.68 bits per heavy atom. The van der Waals surface area contributed by atoms with Crippen LogP contribution in [0.4, 0.5) is 22.7 Å². The van der Waals surface area contributed by atoms with Gasteiger partial charge in [-0.25, -0.2) is 8.42 Å². The molecular formula is C16H16N4O7S. The van der Waals surface area contributed by atoms with E-state index in [1.54, 1.807) is 6.92 Å². The van der Waals surface area contributed by atoms with Gasteiger partial charge in [-0.05, 0) is 18.6 Å². The molecule has 0 fully saturated rings. The topological polar surface area (TPSA) is 153 Å². The van der Waals surface area contributed by atoms with Crippen molar-refractivity contribution in [1.29, 1.82) is 0 Å². The molecule has 148 valence electrons. The van der Waals surface area contributed by atoms with Crippen molar-refractivity contribution in [3.8, 4) is 0 Å². The van der Waals surface area contributed by atoms with Gasteiger partial charge >= 0.3 is 0 Å². The van der Waals surface area contributed by atoms with Crippen LogP contribution >= 0.6 is 0 Å². The molecular weight excluding hydrogens is 392 g/mol. The second-order valence-corrected chi connectivity index (χ2v) is 7.76. The van der Waals surface area contributed by atoms with Gasteiger partial charge in [-0.15, -0.1) is 0 Å². The quantitative estimate of drug-likeness (QED) is 0.544. The molecule has 2 aromatic carbocycles. The molecule has 0 aliphatic carbocycles. The van der Waals surface area contributed by atoms with Crippen molar-refractivity contribution in [1.82, 2.24) is 0 Å². The van der Waals surface area contributed by atoms with E-state index >= 15 is 0 Å². The van der Waals surface area contributed by atoms with Gasteiger partial charge in [0.15, 0.2) is 0 Å². The maximum absolute atomic E-state index is 12.3. The van der Waals surface area contributed by atoms with Crippen LogP contribution in [0.5, 0.6) is 0 Å². The lowest BCUT2D eigenvalue weighted by Gasteiger charge is -2.23. The van der Waals surface area contributed by atoms with Crippen molar-refractivity contribution >= 4 is 38.7 Å². The van der Waals surface area contributed by atoms with Crippen LogP contribution in [0.25, 0.3) is 0 Å². The largest absolute Gasteiger partial charge is 0.324 e. The number of amides is 1. The molecule has 0 saturated carbocycles. The third kappa shape index (κ3) is 5.01. The monoisotopic (exact) mass is 408 g/mol. The highest BCUT2D eigenvalue weighted by molar-refractivity contribution is 7.92. The summed E-state index contributed by atoms with van der Waals surface area (Å²) in [4.78, 5) is 32.8. The molecule has 1 amide bonds. The van der Waals surface area contributed by atoms with E-state index in [4.69, 9.17) is 0 Å². The van der Waals surface area contributed by atoms with Gasteiger partial charge in [0, 0.05) is 30.0 Å². The summed E-state index contributed by atoms with van der Waals surface area (Å²) in [5.74, 6) is -0.767. The lowest BCUT2D eigenvalue weighted by atomic mass is 10.2. The number of nitrogens with zero attached hydrogens (tertiary/aromatic N) is 3. The van der Waals surface area contributed by atoms with Crippen molar-refractivity contribution in [2.75, 3.05) is 22.4 Å². The standard InChI is InChI=1S/C16H16N4O7S/c1-11-6-7-14(20(24)25)9-15(11)18(28(2,26)27)10-16(21)17-12-4-3-5-13(8-12)19(22)23/h3-9H,10H2,1-2H3,(H,17,21). The minimum absolute atomic E-state index is 0.00843. The number of rotatable bonds is 7. The Morgan fingerprint density at radius 1 is 1.07 bits per heavy atom. The number of nitro benzene ring substituents is 2. The molecule has 0 aliphatic heterocycles. The Kier molecular flexibility index (Phi) is 5.93. The molecule has 11 nitrogen and oxygen atoms in total. The van der Waals surface area contributed by atoms with Crippen LogP contribution in [0.1, 0.15) is 5.56 Å². The second kappa shape index (κ2) is 8.00. The summed E-state index contributed by atoms with van der Waals surface area (Å²) in [6.07, 6.45) is 0.867. The number of carbonyl (C=O) groups excluding carboxylic acids is 1. The molecule has 0 saturated heterocycles. The van der Waals surface area contributed by atoms with Crippen molar-refractivity contribution in [3.63, 3.8) is 0 Å². The van der Waals surface area contributed by atoms with Crippen LogP contribution in [-0.4, -0.2) is 37.0 Å². The average Bonchev–Trinajstić information content (AvgIpc) is 2.59. The third-order valence-corrected chi connectivity index (χ3v) is 4.83. The molecule has 0 radical (unpaired) electrons. The SMILES string of the molecule is Cc1ccc([N+](=O)[O-])cc1N(CC(=O)Nc1cccc([N+](=O)[O-])c1)S(C)(=O)=O. The van der Waals surface area contributed by atoms with Crippen LogP contribution in [0.2, 0.25) is 0 Å². The fourth-order valence-corrected chi connectivity index (χ4v) is 3.30. The zero-order valence-electron chi connectivity index (χ0n) is 14.9. The molecule has 12 heteroatoms. The first-order chi connectivity index (χ1) is 13.0. The number of hydrogen-bond donors (Lipinski definition) is 1. The summed E-state index contributed by atoms with van der Waals surface area (Å²) >= 11 is 0. The van der Waals surface area contributed by atoms with Crippen molar-refractivity contribution in [2.24, 2.45) is 0 Å². The smallest absolute Gasteiger partial charge is 0.271 e. The van der Waals surface area contributed by atoms with Crippen LogP contribution in [0, 0.1) is 27.2 Å². The highest BCUT2D eigenvalue weighted by atomic mass is 32.2. The number of carbonyl (C=O) groups is 1. The number of nitro groups is 2. The minimum Gasteiger partial charge on any atom is -0.324 e. The summed E-state index contributed by atoms with van der Waals surface area (Å²) in [5.41, 5.74) is -0.0471. The van der Waals surface area contributed by atoms with Gasteiger partial charge in [0.2, 0.25) is 15.9 Å². The van der Waals surface area contributed by atoms with Gasteiger partial charge in [-0.2, -0.15) is 0 Å². The summed E-state index contributed by atoms with van der Waals surface area (Å²) in [7, 11) is -3.95. The van der Waals surface area contributed by atoms with Gasteiger partial charge in [0.1, 0.15) is 6.54 Å². The summed E-state index contributed by atoms with van der Waals surface area (Å²) in [6.45, 7) is 0.888. The van der Waals surface area contributed by atoms with E-state index in [1.807, 2.05) is 0 Å². The molecule has 28 heavy (non-hydrogen) atoms. The van der Waals surface area contributed by atoms with Gasteiger partial charge < -0.3 is 5.32 Å². The summed E-state index contributed by atoms with van der Waals surface area (Å²) in [5, 5.41) is 24.2. The van der Waals surface area contributed by atoms with Gasteiger partial charge in [0.25, 0.3) is 11.4 Å². The molecule has 2 rings (SSSR count). The number of anilines is 2. The number of nitrogens with one attached hydrogen (secondary N) is 1. The van der Waals surface area contributed by atoms with Crippen LogP contribution < -0.4 is 9.62 Å². The van der Waals surface area contributed by atoms with Crippen molar-refractivity contribution in [2.45, 2.75) is 6.92 Å². The number of benzene rings is 2. The van der Waals surface area contributed by atoms with E-state index in [2.05, 4.69) is 5.32 Å². The van der Waals surface area contributed by atoms with Crippen molar-refractivity contribution in [3.05, 3.63) is 68.3 Å². The van der Waals surface area contributed by atoms with E-state index in [-0.39, 0.29) is 22.7 Å². The molecule has 0 atom stereocenters. The number of hydrogen-bond acceptors (Lipinski definition) is 7. The number of aryl methyl sites for hydroxylation is 1. The Hall–Kier alpha value is -3.54. The Balaban J connectivity index is 2.32. The highest BCUT2D eigenvalue weighted by Crippen LogP contribution is 2.27. The zero-order valence-corrected chi connectivity index (χ0v) is 15.7. The fourth-order valence-electron chi connectivity index (χ4n) is 2.39. The van der Waals surface area contributed by atoms with Crippen LogP contribution in [-0.2, 0) is 14.8 Å². The lowest BCUT2D eigenvalue weighted by Crippen LogP contribution is -2.37. The molecule has 0 spiro atoms. The molecule has 0 aromatic heterocycles. The normalized spacial score (nSPS) is 10.9. The highest BCUT2D eigenvalue weighted by Gasteiger charge is 2.24. The van der Waals surface area contributed by atoms with E-state index in [0.29, 0.717) is 5.56 Å². The molecule has 0 bridgehead atoms. The second-order valence-electron chi connectivity index (χ2n) is 5.85. The predicted octanol–water partition coefficient (Wildman–Crippen LogP) is 2.22. The van der Waals surface area contributed by atoms with Crippen molar-refractivity contribution < 1.29 is 23.1 Å². The Labute approximate surface area is 159 Å². The first-order valence-corrected chi connectivity index (χ1v) is 9.61. The van der Waals surface area contributed by atoms with Crippen LogP contribution in [0.3, 0.4) is 0 Å². The molecule has 1 N–H and O–H groups in total. The van der Waals surface area contributed by atoms with E-state index in [9.17, 15) is 33.4 Å². The Morgan fingerprint density at radius 3 is 2.25 bits per heavy atom. The van der Waals surface area contributed by atoms with E-state index in [0.717, 1.165) is 22.7 Å². The number of sulfonamides is 1. The molecule has 2 aromatic rings. The molecule has 0 heterocycles. The van der Waals surface area contributed by atoms with Gasteiger partial charge in [-0.3, -0.25) is 29.3 Å². The predicted molar refractivity (Wildman–Crippen MR) is 102 cm³/mol. The summed E-state index contributed by atoms with van der Waals surface area (Å²) < 4.78 is 25.1. The Bertz CT molecular complexity index is 1050. The molecule has 0 unspecified atom stereocenters. The van der Waals surface area contributed by atoms with Crippen LogP contribution in [0.15, 0.2) is 42.5 Å². The third-order valence-electron chi connectivity index (χ3n) is 3.70. The zero-order chi connectivity index (χ0) is 21.1. The van der Waals surface area contributed by atoms with Gasteiger partial charge in [0.05, 0.1) is 21.8 Å². The van der Waals surface area contributed by atoms with E-state index in [1.165, 1.54) is 30.3 Å². The fraction of sp³-hybridized carbons (Fsp3) is 0.188. The first kappa shape index (κ1) is 20.8. The lowest BCUT2D eigenvalue weighted by molar-refractivity contribution is -0.385. The summed E-state index contributed by atoms with van der Waals surface area (Å²) in [6, 6.07) is 8.82. The maximum Gasteiger partial charge on any atom is 0.271 e. The number of non-ortho nitro benzene ring substituents is 2. The minimum atomic E-state index is -3.95.